The monoisotopic (exact) mass is 360 g/mol. The van der Waals surface area contributed by atoms with Crippen molar-refractivity contribution in [2.24, 2.45) is 0 Å². The molecule has 2 aromatic carbocycles. The van der Waals surface area contributed by atoms with Gasteiger partial charge in [-0.25, -0.2) is 4.79 Å². The molecule has 134 valence electrons. The van der Waals surface area contributed by atoms with E-state index in [1.54, 1.807) is 0 Å². The van der Waals surface area contributed by atoms with E-state index in [0.717, 1.165) is 35.8 Å². The maximum absolute atomic E-state index is 11.7. The zero-order valence-electron chi connectivity index (χ0n) is 14.9. The fourth-order valence-electron chi connectivity index (χ4n) is 2.27. The summed E-state index contributed by atoms with van der Waals surface area (Å²) in [4.78, 5) is 11.7. The predicted octanol–water partition coefficient (Wildman–Crippen LogP) is 5.02. The molecule has 0 radical (unpaired) electrons. The van der Waals surface area contributed by atoms with Gasteiger partial charge in [0.15, 0.2) is 0 Å². The molecule has 0 aliphatic carbocycles. The van der Waals surface area contributed by atoms with Gasteiger partial charge in [0.05, 0.1) is 0 Å². The highest BCUT2D eigenvalue weighted by Gasteiger charge is 2.15. The van der Waals surface area contributed by atoms with Gasteiger partial charge in [-0.05, 0) is 63.1 Å². The molecule has 0 bridgehead atoms. The Morgan fingerprint density at radius 1 is 1.08 bits per heavy atom. The van der Waals surface area contributed by atoms with Crippen molar-refractivity contribution >= 4 is 23.4 Å². The number of hydrogen-bond acceptors (Lipinski definition) is 3. The first-order chi connectivity index (χ1) is 11.8. The molecule has 0 unspecified atom stereocenters. The van der Waals surface area contributed by atoms with Crippen LogP contribution in [0.5, 0.6) is 0 Å². The smallest absolute Gasteiger partial charge is 0.412 e. The normalized spacial score (nSPS) is 11.2. The molecule has 0 aromatic heterocycles. The first kappa shape index (κ1) is 19.3. The van der Waals surface area contributed by atoms with Crippen molar-refractivity contribution in [1.82, 2.24) is 5.32 Å². The van der Waals surface area contributed by atoms with Crippen LogP contribution < -0.4 is 10.6 Å². The van der Waals surface area contributed by atoms with E-state index in [1.165, 1.54) is 5.56 Å². The Bertz CT molecular complexity index is 694. The molecule has 1 amide bonds. The number of rotatable bonds is 6. The van der Waals surface area contributed by atoms with Gasteiger partial charge in [0, 0.05) is 17.3 Å². The first-order valence-corrected chi connectivity index (χ1v) is 8.74. The van der Waals surface area contributed by atoms with Gasteiger partial charge in [0.25, 0.3) is 0 Å². The van der Waals surface area contributed by atoms with Gasteiger partial charge >= 0.3 is 6.09 Å². The number of hydrogen-bond donors (Lipinski definition) is 2. The third-order valence-corrected chi connectivity index (χ3v) is 3.83. The van der Waals surface area contributed by atoms with E-state index in [1.807, 2.05) is 69.3 Å². The number of anilines is 1. The van der Waals surface area contributed by atoms with E-state index in [-0.39, 0.29) is 0 Å². The fourth-order valence-corrected chi connectivity index (χ4v) is 2.48. The van der Waals surface area contributed by atoms with E-state index in [9.17, 15) is 4.79 Å². The molecule has 0 spiro atoms. The maximum atomic E-state index is 11.7. The molecule has 0 saturated heterocycles. The van der Waals surface area contributed by atoms with Crippen molar-refractivity contribution in [3.63, 3.8) is 0 Å². The van der Waals surface area contributed by atoms with Gasteiger partial charge in [0.1, 0.15) is 5.60 Å². The first-order valence-electron chi connectivity index (χ1n) is 8.36. The lowest BCUT2D eigenvalue weighted by atomic mass is 10.1. The number of ether oxygens (including phenoxy) is 1. The molecular weight excluding hydrogens is 336 g/mol. The highest BCUT2D eigenvalue weighted by atomic mass is 35.5. The molecule has 0 aliphatic heterocycles. The average Bonchev–Trinajstić information content (AvgIpc) is 2.53. The summed E-state index contributed by atoms with van der Waals surface area (Å²) in [6.07, 6.45) is 0.457. The van der Waals surface area contributed by atoms with Crippen LogP contribution in [0, 0.1) is 0 Å². The van der Waals surface area contributed by atoms with E-state index in [4.69, 9.17) is 16.3 Å². The minimum Gasteiger partial charge on any atom is -0.444 e. The molecule has 4 nitrogen and oxygen atoms in total. The second-order valence-corrected chi connectivity index (χ2v) is 7.25. The molecule has 0 saturated carbocycles. The lowest BCUT2D eigenvalue weighted by Gasteiger charge is -2.19. The van der Waals surface area contributed by atoms with Crippen molar-refractivity contribution in [3.05, 3.63) is 64.7 Å². The van der Waals surface area contributed by atoms with Crippen LogP contribution in [0.4, 0.5) is 10.5 Å². The molecule has 2 aromatic rings. The largest absolute Gasteiger partial charge is 0.444 e. The third kappa shape index (κ3) is 7.16. The van der Waals surface area contributed by atoms with Crippen molar-refractivity contribution in [3.8, 4) is 0 Å². The second-order valence-electron chi connectivity index (χ2n) is 6.84. The summed E-state index contributed by atoms with van der Waals surface area (Å²) in [6, 6.07) is 15.6. The summed E-state index contributed by atoms with van der Waals surface area (Å²) in [7, 11) is 0. The maximum Gasteiger partial charge on any atom is 0.412 e. The average molecular weight is 361 g/mol. The van der Waals surface area contributed by atoms with E-state index >= 15 is 0 Å². The lowest BCUT2D eigenvalue weighted by Crippen LogP contribution is -2.27. The second kappa shape index (κ2) is 8.88. The molecule has 0 heterocycles. The molecule has 5 heteroatoms. The summed E-state index contributed by atoms with van der Waals surface area (Å²) in [5.41, 5.74) is 2.52. The number of halogens is 1. The van der Waals surface area contributed by atoms with Crippen molar-refractivity contribution < 1.29 is 9.53 Å². The zero-order chi connectivity index (χ0) is 18.3. The van der Waals surface area contributed by atoms with Crippen molar-refractivity contribution in [2.45, 2.75) is 39.3 Å². The van der Waals surface area contributed by atoms with Gasteiger partial charge < -0.3 is 10.1 Å². The Kier molecular flexibility index (Phi) is 6.85. The lowest BCUT2D eigenvalue weighted by molar-refractivity contribution is 0.0636. The number of amides is 1. The topological polar surface area (TPSA) is 50.4 Å². The van der Waals surface area contributed by atoms with Gasteiger partial charge in [-0.1, -0.05) is 41.9 Å². The standard InChI is InChI=1S/C20H25ClN2O2/c1-20(2,3)25-19(24)23-17-10-8-15(9-11-17)12-13-22-14-16-6-4-5-7-18(16)21/h4-11,22H,12-14H2,1-3H3,(H,23,24). The van der Waals surface area contributed by atoms with Gasteiger partial charge in [-0.2, -0.15) is 0 Å². The van der Waals surface area contributed by atoms with Gasteiger partial charge in [0.2, 0.25) is 0 Å². The van der Waals surface area contributed by atoms with Crippen LogP contribution in [0.25, 0.3) is 0 Å². The molecular formula is C20H25ClN2O2. The van der Waals surface area contributed by atoms with Crippen LogP contribution in [-0.2, 0) is 17.7 Å². The SMILES string of the molecule is CC(C)(C)OC(=O)Nc1ccc(CCNCc2ccccc2Cl)cc1. The Hall–Kier alpha value is -2.04. The predicted molar refractivity (Wildman–Crippen MR) is 103 cm³/mol. The van der Waals surface area contributed by atoms with Crippen LogP contribution in [0.15, 0.2) is 48.5 Å². The molecule has 2 rings (SSSR count). The number of nitrogens with one attached hydrogen (secondary N) is 2. The molecule has 0 fully saturated rings. The quantitative estimate of drug-likeness (QED) is 0.711. The van der Waals surface area contributed by atoms with Crippen LogP contribution in [0.2, 0.25) is 5.02 Å². The highest BCUT2D eigenvalue weighted by Crippen LogP contribution is 2.15. The minimum atomic E-state index is -0.503. The summed E-state index contributed by atoms with van der Waals surface area (Å²) >= 11 is 6.13. The van der Waals surface area contributed by atoms with Crippen LogP contribution >= 0.6 is 11.6 Å². The highest BCUT2D eigenvalue weighted by molar-refractivity contribution is 6.31. The van der Waals surface area contributed by atoms with E-state index in [2.05, 4.69) is 10.6 Å². The summed E-state index contributed by atoms with van der Waals surface area (Å²) in [5.74, 6) is 0. The van der Waals surface area contributed by atoms with E-state index in [0.29, 0.717) is 0 Å². The minimum absolute atomic E-state index is 0.443. The fraction of sp³-hybridized carbons (Fsp3) is 0.350. The number of benzene rings is 2. The van der Waals surface area contributed by atoms with Crippen molar-refractivity contribution in [1.29, 1.82) is 0 Å². The Morgan fingerprint density at radius 2 is 1.76 bits per heavy atom. The van der Waals surface area contributed by atoms with Gasteiger partial charge in [-0.15, -0.1) is 0 Å². The zero-order valence-corrected chi connectivity index (χ0v) is 15.7. The van der Waals surface area contributed by atoms with Crippen LogP contribution in [0.1, 0.15) is 31.9 Å². The van der Waals surface area contributed by atoms with Crippen LogP contribution in [-0.4, -0.2) is 18.2 Å². The van der Waals surface area contributed by atoms with Gasteiger partial charge in [-0.3, -0.25) is 5.32 Å². The number of carbonyl (C=O) groups is 1. The summed E-state index contributed by atoms with van der Waals surface area (Å²) < 4.78 is 5.23. The van der Waals surface area contributed by atoms with Crippen LogP contribution in [0.3, 0.4) is 0 Å². The number of carbonyl (C=O) groups excluding carboxylic acids is 1. The summed E-state index contributed by atoms with van der Waals surface area (Å²) in [6.45, 7) is 7.12. The Labute approximate surface area is 154 Å². The molecule has 0 atom stereocenters. The molecule has 0 aliphatic rings. The molecule has 25 heavy (non-hydrogen) atoms. The molecule has 2 N–H and O–H groups in total. The van der Waals surface area contributed by atoms with E-state index < -0.39 is 11.7 Å². The summed E-state index contributed by atoms with van der Waals surface area (Å²) in [5, 5.41) is 6.90. The van der Waals surface area contributed by atoms with Crippen molar-refractivity contribution in [2.75, 3.05) is 11.9 Å². The Balaban J connectivity index is 1.75. The Morgan fingerprint density at radius 3 is 2.40 bits per heavy atom. The third-order valence-electron chi connectivity index (χ3n) is 3.46.